The van der Waals surface area contributed by atoms with Gasteiger partial charge in [0.05, 0.1) is 36.1 Å². The van der Waals surface area contributed by atoms with E-state index in [2.05, 4.69) is 10.6 Å². The Morgan fingerprint density at radius 1 is 1.11 bits per heavy atom. The highest BCUT2D eigenvalue weighted by Gasteiger charge is 2.41. The molecule has 2 N–H and O–H groups in total. The number of ether oxygens (including phenoxy) is 2. The maximum Gasteiger partial charge on any atom is 0.253 e. The van der Waals surface area contributed by atoms with Gasteiger partial charge in [-0.3, -0.25) is 9.59 Å². The molecule has 0 unspecified atom stereocenters. The SMILES string of the molecule is O=C1Nc2cc(C(=O)N3CCC4(CC3)OCCO4)ccc2N[C@@H]1CS(=O)(=O)Cc1ccc(F)cc1Cl. The number of piperidine rings is 1. The molecule has 3 aliphatic rings. The predicted molar refractivity (Wildman–Crippen MR) is 131 cm³/mol. The lowest BCUT2D eigenvalue weighted by atomic mass is 10.0. The minimum Gasteiger partial charge on any atom is -0.371 e. The Morgan fingerprint density at radius 3 is 2.53 bits per heavy atom. The summed E-state index contributed by atoms with van der Waals surface area (Å²) in [5.41, 5.74) is 1.58. The molecule has 3 heterocycles. The third-order valence-corrected chi connectivity index (χ3v) is 8.55. The Hall–Kier alpha value is -2.73. The van der Waals surface area contributed by atoms with Crippen LogP contribution in [0.3, 0.4) is 0 Å². The second-order valence-electron chi connectivity index (χ2n) is 9.14. The fraction of sp³-hybridized carbons (Fsp3) is 0.417. The lowest BCUT2D eigenvalue weighted by molar-refractivity contribution is -0.181. The largest absolute Gasteiger partial charge is 0.371 e. The molecule has 2 amide bonds. The summed E-state index contributed by atoms with van der Waals surface area (Å²) in [4.78, 5) is 27.5. The van der Waals surface area contributed by atoms with Crippen LogP contribution < -0.4 is 10.6 Å². The number of carbonyl (C=O) groups excluding carboxylic acids is 2. The average Bonchev–Trinajstić information content (AvgIpc) is 3.29. The number of likely N-dealkylation sites (tertiary alicyclic amines) is 1. The number of hydrogen-bond acceptors (Lipinski definition) is 7. The molecule has 1 atom stereocenters. The Bertz CT molecular complexity index is 1300. The third-order valence-electron chi connectivity index (χ3n) is 6.61. The van der Waals surface area contributed by atoms with E-state index in [9.17, 15) is 22.4 Å². The van der Waals surface area contributed by atoms with Gasteiger partial charge in [-0.2, -0.15) is 0 Å². The molecule has 5 rings (SSSR count). The van der Waals surface area contributed by atoms with Gasteiger partial charge in [-0.25, -0.2) is 12.8 Å². The van der Waals surface area contributed by atoms with Crippen molar-refractivity contribution < 1.29 is 31.9 Å². The van der Waals surface area contributed by atoms with Crippen molar-refractivity contribution in [1.29, 1.82) is 0 Å². The van der Waals surface area contributed by atoms with Crippen LogP contribution in [0.25, 0.3) is 0 Å². The Kier molecular flexibility index (Phi) is 6.67. The highest BCUT2D eigenvalue weighted by atomic mass is 35.5. The lowest BCUT2D eigenvalue weighted by Crippen LogP contribution is -2.47. The number of benzene rings is 2. The maximum absolute atomic E-state index is 13.3. The van der Waals surface area contributed by atoms with Gasteiger partial charge in [0.2, 0.25) is 5.91 Å². The summed E-state index contributed by atoms with van der Waals surface area (Å²) in [6, 6.07) is 7.33. The first-order chi connectivity index (χ1) is 17.1. The Balaban J connectivity index is 1.24. The molecule has 3 aliphatic heterocycles. The first-order valence-corrected chi connectivity index (χ1v) is 13.8. The van der Waals surface area contributed by atoms with E-state index in [1.807, 2.05) is 0 Å². The van der Waals surface area contributed by atoms with E-state index in [-0.39, 0.29) is 16.5 Å². The van der Waals surface area contributed by atoms with Gasteiger partial charge in [0.15, 0.2) is 15.6 Å². The fourth-order valence-corrected chi connectivity index (χ4v) is 6.60. The van der Waals surface area contributed by atoms with Crippen molar-refractivity contribution in [3.05, 3.63) is 58.4 Å². The van der Waals surface area contributed by atoms with Crippen LogP contribution in [0.4, 0.5) is 15.8 Å². The van der Waals surface area contributed by atoms with Crippen molar-refractivity contribution in [2.45, 2.75) is 30.4 Å². The third kappa shape index (κ3) is 5.19. The van der Waals surface area contributed by atoms with Gasteiger partial charge in [-0.1, -0.05) is 17.7 Å². The van der Waals surface area contributed by atoms with E-state index >= 15 is 0 Å². The molecule has 2 saturated heterocycles. The van der Waals surface area contributed by atoms with Gasteiger partial charge in [0.25, 0.3) is 5.91 Å². The molecule has 0 bridgehead atoms. The van der Waals surface area contributed by atoms with Crippen molar-refractivity contribution in [2.24, 2.45) is 0 Å². The van der Waals surface area contributed by atoms with Crippen LogP contribution >= 0.6 is 11.6 Å². The first-order valence-electron chi connectivity index (χ1n) is 11.6. The second-order valence-corrected chi connectivity index (χ2v) is 11.7. The number of nitrogens with zero attached hydrogens (tertiary/aromatic N) is 1. The quantitative estimate of drug-likeness (QED) is 0.603. The minimum absolute atomic E-state index is 0.00865. The summed E-state index contributed by atoms with van der Waals surface area (Å²) in [6.07, 6.45) is 1.20. The van der Waals surface area contributed by atoms with Crippen molar-refractivity contribution in [3.63, 3.8) is 0 Å². The molecule has 1 spiro atoms. The molecule has 2 aromatic rings. The van der Waals surface area contributed by atoms with Crippen LogP contribution in [-0.4, -0.2) is 69.0 Å². The van der Waals surface area contributed by atoms with Crippen molar-refractivity contribution in [1.82, 2.24) is 4.90 Å². The molecule has 0 aliphatic carbocycles. The molecule has 2 fully saturated rings. The Morgan fingerprint density at radius 2 is 1.83 bits per heavy atom. The van der Waals surface area contributed by atoms with Gasteiger partial charge < -0.3 is 25.0 Å². The molecule has 2 aromatic carbocycles. The van der Waals surface area contributed by atoms with Crippen molar-refractivity contribution in [2.75, 3.05) is 42.7 Å². The van der Waals surface area contributed by atoms with E-state index in [1.54, 1.807) is 23.1 Å². The molecule has 9 nitrogen and oxygen atoms in total. The highest BCUT2D eigenvalue weighted by molar-refractivity contribution is 7.90. The topological polar surface area (TPSA) is 114 Å². The maximum atomic E-state index is 13.3. The molecule has 0 aromatic heterocycles. The van der Waals surface area contributed by atoms with Crippen LogP contribution in [-0.2, 0) is 29.9 Å². The normalized spacial score (nSPS) is 21.1. The summed E-state index contributed by atoms with van der Waals surface area (Å²) in [7, 11) is -3.76. The van der Waals surface area contributed by atoms with E-state index < -0.39 is 44.9 Å². The van der Waals surface area contributed by atoms with E-state index in [0.29, 0.717) is 56.1 Å². The van der Waals surface area contributed by atoms with Crippen LogP contribution in [0, 0.1) is 5.82 Å². The van der Waals surface area contributed by atoms with Crippen LogP contribution in [0.5, 0.6) is 0 Å². The zero-order chi connectivity index (χ0) is 25.5. The zero-order valence-electron chi connectivity index (χ0n) is 19.3. The molecule has 0 saturated carbocycles. The highest BCUT2D eigenvalue weighted by Crippen LogP contribution is 2.33. The van der Waals surface area contributed by atoms with Crippen LogP contribution in [0.2, 0.25) is 5.02 Å². The molecule has 192 valence electrons. The van der Waals surface area contributed by atoms with E-state index in [4.69, 9.17) is 21.1 Å². The first kappa shape index (κ1) is 24.9. The number of sulfone groups is 1. The summed E-state index contributed by atoms with van der Waals surface area (Å²) in [5.74, 6) is -2.75. The minimum atomic E-state index is -3.76. The summed E-state index contributed by atoms with van der Waals surface area (Å²) in [5, 5.41) is 5.66. The molecule has 36 heavy (non-hydrogen) atoms. The monoisotopic (exact) mass is 537 g/mol. The van der Waals surface area contributed by atoms with Crippen molar-refractivity contribution in [3.8, 4) is 0 Å². The van der Waals surface area contributed by atoms with Gasteiger partial charge >= 0.3 is 0 Å². The lowest BCUT2D eigenvalue weighted by Gasteiger charge is -2.37. The summed E-state index contributed by atoms with van der Waals surface area (Å²) < 4.78 is 50.1. The number of hydrogen-bond donors (Lipinski definition) is 2. The zero-order valence-corrected chi connectivity index (χ0v) is 20.8. The predicted octanol–water partition coefficient (Wildman–Crippen LogP) is 2.81. The van der Waals surface area contributed by atoms with Crippen molar-refractivity contribution >= 4 is 44.6 Å². The van der Waals surface area contributed by atoms with Crippen LogP contribution in [0.15, 0.2) is 36.4 Å². The average molecular weight is 538 g/mol. The molecular weight excluding hydrogens is 513 g/mol. The van der Waals surface area contributed by atoms with Crippen LogP contribution in [0.1, 0.15) is 28.8 Å². The van der Waals surface area contributed by atoms with Gasteiger partial charge in [-0.05, 0) is 35.9 Å². The Labute approximate surface area is 212 Å². The van der Waals surface area contributed by atoms with E-state index in [0.717, 1.165) is 12.1 Å². The number of halogens is 2. The summed E-state index contributed by atoms with van der Waals surface area (Å²) >= 11 is 5.96. The number of rotatable bonds is 5. The fourth-order valence-electron chi connectivity index (χ4n) is 4.70. The molecular formula is C24H25ClFN3O6S. The molecule has 12 heteroatoms. The standard InChI is InChI=1S/C24H25ClFN3O6S/c25-18-12-17(26)3-1-16(18)13-36(32,33)14-21-22(30)28-20-11-15(2-4-19(20)27-21)23(31)29-7-5-24(6-8-29)34-9-10-35-24/h1-4,11-12,21,27H,5-10,13-14H2,(H,28,30)/t21-/m1/s1. The number of amides is 2. The van der Waals surface area contributed by atoms with Gasteiger partial charge in [-0.15, -0.1) is 0 Å². The number of nitrogens with one attached hydrogen (secondary N) is 2. The number of fused-ring (bicyclic) bond motifs is 1. The van der Waals surface area contributed by atoms with E-state index in [1.165, 1.54) is 6.07 Å². The smallest absolute Gasteiger partial charge is 0.253 e. The van der Waals surface area contributed by atoms with Gasteiger partial charge in [0, 0.05) is 36.5 Å². The summed E-state index contributed by atoms with van der Waals surface area (Å²) in [6.45, 7) is 2.12. The van der Waals surface area contributed by atoms with Gasteiger partial charge in [0.1, 0.15) is 11.9 Å². The number of anilines is 2. The second kappa shape index (κ2) is 9.62. The molecule has 0 radical (unpaired) electrons. The number of carbonyl (C=O) groups is 2.